The Kier molecular flexibility index (Phi) is 4.92. The number of hydrogen-bond acceptors (Lipinski definition) is 3. The van der Waals surface area contributed by atoms with E-state index in [0.717, 1.165) is 40.5 Å². The molecular formula is C23H24N2O4. The fraction of sp³-hybridized carbons (Fsp3) is 0.261. The van der Waals surface area contributed by atoms with Crippen LogP contribution in [-0.4, -0.2) is 32.8 Å². The molecule has 0 radical (unpaired) electrons. The van der Waals surface area contributed by atoms with Crippen LogP contribution in [0.25, 0.3) is 21.8 Å². The number of carboxylic acid groups (broad SMARTS) is 1. The van der Waals surface area contributed by atoms with Gasteiger partial charge in [0.1, 0.15) is 11.5 Å². The zero-order valence-corrected chi connectivity index (χ0v) is 16.5. The van der Waals surface area contributed by atoms with Gasteiger partial charge in [0.25, 0.3) is 0 Å². The number of aromatic amines is 1. The van der Waals surface area contributed by atoms with Gasteiger partial charge in [0.15, 0.2) is 5.60 Å². The van der Waals surface area contributed by atoms with E-state index in [1.807, 2.05) is 54.9 Å². The Morgan fingerprint density at radius 3 is 2.86 bits per heavy atom. The maximum absolute atomic E-state index is 11.4. The zero-order valence-electron chi connectivity index (χ0n) is 16.5. The predicted molar refractivity (Wildman–Crippen MR) is 113 cm³/mol. The van der Waals surface area contributed by atoms with E-state index >= 15 is 0 Å². The van der Waals surface area contributed by atoms with Crippen LogP contribution in [0.5, 0.6) is 11.5 Å². The molecule has 2 aromatic carbocycles. The van der Waals surface area contributed by atoms with Crippen LogP contribution in [0.3, 0.4) is 0 Å². The van der Waals surface area contributed by atoms with E-state index < -0.39 is 11.6 Å². The molecule has 0 saturated heterocycles. The second-order valence-electron chi connectivity index (χ2n) is 7.54. The van der Waals surface area contributed by atoms with Crippen LogP contribution in [-0.2, 0) is 11.3 Å². The summed E-state index contributed by atoms with van der Waals surface area (Å²) in [5.41, 5.74) is 0.822. The van der Waals surface area contributed by atoms with Crippen LogP contribution < -0.4 is 9.47 Å². The van der Waals surface area contributed by atoms with Gasteiger partial charge >= 0.3 is 5.97 Å². The molecule has 0 aliphatic carbocycles. The second kappa shape index (κ2) is 7.54. The van der Waals surface area contributed by atoms with Gasteiger partial charge in [-0.2, -0.15) is 0 Å². The van der Waals surface area contributed by atoms with Crippen molar-refractivity contribution in [2.24, 2.45) is 0 Å². The average molecular weight is 392 g/mol. The summed E-state index contributed by atoms with van der Waals surface area (Å²) in [6.07, 6.45) is 4.76. The van der Waals surface area contributed by atoms with Crippen molar-refractivity contribution in [2.45, 2.75) is 32.4 Å². The number of hydrogen-bond donors (Lipinski definition) is 2. The number of nitrogens with one attached hydrogen (secondary N) is 1. The fourth-order valence-corrected chi connectivity index (χ4v) is 3.34. The van der Waals surface area contributed by atoms with Gasteiger partial charge in [0.2, 0.25) is 0 Å². The molecule has 2 aromatic heterocycles. The van der Waals surface area contributed by atoms with Crippen LogP contribution in [0, 0.1) is 0 Å². The highest BCUT2D eigenvalue weighted by atomic mass is 16.5. The summed E-state index contributed by atoms with van der Waals surface area (Å²) >= 11 is 0. The van der Waals surface area contributed by atoms with Crippen LogP contribution in [0.2, 0.25) is 0 Å². The summed E-state index contributed by atoms with van der Waals surface area (Å²) in [6, 6.07) is 15.7. The molecule has 0 amide bonds. The summed E-state index contributed by atoms with van der Waals surface area (Å²) in [5.74, 6) is 0.440. The Balaban J connectivity index is 1.40. The molecule has 150 valence electrons. The number of aliphatic carboxylic acids is 1. The van der Waals surface area contributed by atoms with Gasteiger partial charge in [-0.1, -0.05) is 6.07 Å². The van der Waals surface area contributed by atoms with Crippen LogP contribution in [0.1, 0.15) is 20.3 Å². The smallest absolute Gasteiger partial charge is 0.347 e. The predicted octanol–water partition coefficient (Wildman–Crippen LogP) is 4.83. The highest BCUT2D eigenvalue weighted by Gasteiger charge is 2.30. The number of aromatic nitrogens is 2. The molecular weight excluding hydrogens is 368 g/mol. The highest BCUT2D eigenvalue weighted by molar-refractivity contribution is 5.87. The maximum atomic E-state index is 11.4. The first kappa shape index (κ1) is 18.9. The van der Waals surface area contributed by atoms with Gasteiger partial charge < -0.3 is 24.1 Å². The van der Waals surface area contributed by atoms with E-state index in [9.17, 15) is 9.90 Å². The Labute approximate surface area is 168 Å². The van der Waals surface area contributed by atoms with Crippen molar-refractivity contribution in [1.29, 1.82) is 0 Å². The molecule has 4 rings (SSSR count). The quantitative estimate of drug-likeness (QED) is 0.421. The van der Waals surface area contributed by atoms with E-state index in [2.05, 4.69) is 9.55 Å². The first-order valence-electron chi connectivity index (χ1n) is 9.64. The summed E-state index contributed by atoms with van der Waals surface area (Å²) in [5, 5.41) is 11.4. The number of fused-ring (bicyclic) bond motifs is 2. The van der Waals surface area contributed by atoms with Crippen molar-refractivity contribution in [2.75, 3.05) is 6.61 Å². The van der Waals surface area contributed by atoms with Crippen LogP contribution in [0.15, 0.2) is 60.9 Å². The molecule has 4 aromatic rings. The molecule has 0 aliphatic rings. The van der Waals surface area contributed by atoms with Gasteiger partial charge in [-0.05, 0) is 62.7 Å². The number of benzene rings is 2. The van der Waals surface area contributed by atoms with Crippen molar-refractivity contribution >= 4 is 27.8 Å². The second-order valence-corrected chi connectivity index (χ2v) is 7.54. The molecule has 2 N–H and O–H groups in total. The first-order valence-corrected chi connectivity index (χ1v) is 9.64. The maximum Gasteiger partial charge on any atom is 0.347 e. The minimum absolute atomic E-state index is 0.574. The lowest BCUT2D eigenvalue weighted by Crippen LogP contribution is -2.37. The lowest BCUT2D eigenvalue weighted by atomic mass is 10.1. The standard InChI is InChI=1S/C23H24N2O4/c1-23(2,22(26)27)29-21-6-3-5-20-18(21)10-13-25(20)12-4-14-28-17-7-8-19-16(15-17)9-11-24-19/h3,5-11,13,15,24H,4,12,14H2,1-2H3,(H,26,27). The summed E-state index contributed by atoms with van der Waals surface area (Å²) in [6.45, 7) is 4.50. The van der Waals surface area contributed by atoms with Gasteiger partial charge in [-0.25, -0.2) is 4.79 Å². The topological polar surface area (TPSA) is 76.5 Å². The number of ether oxygens (including phenoxy) is 2. The third kappa shape index (κ3) is 3.92. The molecule has 0 atom stereocenters. The Bertz CT molecular complexity index is 1160. The summed E-state index contributed by atoms with van der Waals surface area (Å²) in [4.78, 5) is 14.5. The Morgan fingerprint density at radius 2 is 2.03 bits per heavy atom. The van der Waals surface area contributed by atoms with Gasteiger partial charge in [0, 0.05) is 35.2 Å². The Morgan fingerprint density at radius 1 is 1.17 bits per heavy atom. The van der Waals surface area contributed by atoms with E-state index in [0.29, 0.717) is 12.4 Å². The van der Waals surface area contributed by atoms with Crippen molar-refractivity contribution in [3.05, 3.63) is 60.9 Å². The minimum atomic E-state index is -1.29. The van der Waals surface area contributed by atoms with Crippen LogP contribution in [0.4, 0.5) is 0 Å². The van der Waals surface area contributed by atoms with Gasteiger partial charge in [-0.3, -0.25) is 0 Å². The van der Waals surface area contributed by atoms with Gasteiger partial charge in [0.05, 0.1) is 12.1 Å². The van der Waals surface area contributed by atoms with Crippen molar-refractivity contribution in [1.82, 2.24) is 9.55 Å². The molecule has 0 fully saturated rings. The van der Waals surface area contributed by atoms with Crippen molar-refractivity contribution in [3.8, 4) is 11.5 Å². The lowest BCUT2D eigenvalue weighted by molar-refractivity contribution is -0.152. The molecule has 0 bridgehead atoms. The fourth-order valence-electron chi connectivity index (χ4n) is 3.34. The van der Waals surface area contributed by atoms with Crippen molar-refractivity contribution in [3.63, 3.8) is 0 Å². The van der Waals surface area contributed by atoms with Crippen LogP contribution >= 0.6 is 0 Å². The number of aryl methyl sites for hydroxylation is 1. The Hall–Kier alpha value is -3.41. The van der Waals surface area contributed by atoms with E-state index in [-0.39, 0.29) is 0 Å². The SMILES string of the molecule is CC(C)(Oc1cccc2c1ccn2CCCOc1ccc2[nH]ccc2c1)C(=O)O. The zero-order chi connectivity index (χ0) is 20.4. The van der Waals surface area contributed by atoms with Crippen molar-refractivity contribution < 1.29 is 19.4 Å². The average Bonchev–Trinajstić information content (AvgIpc) is 3.32. The molecule has 0 aliphatic heterocycles. The molecule has 6 nitrogen and oxygen atoms in total. The third-order valence-electron chi connectivity index (χ3n) is 4.99. The largest absolute Gasteiger partial charge is 0.494 e. The molecule has 2 heterocycles. The summed E-state index contributed by atoms with van der Waals surface area (Å²) in [7, 11) is 0. The number of nitrogens with zero attached hydrogens (tertiary/aromatic N) is 1. The summed E-state index contributed by atoms with van der Waals surface area (Å²) < 4.78 is 13.8. The number of carboxylic acids is 1. The molecule has 29 heavy (non-hydrogen) atoms. The van der Waals surface area contributed by atoms with E-state index in [1.54, 1.807) is 19.9 Å². The molecule has 0 unspecified atom stereocenters. The monoisotopic (exact) mass is 392 g/mol. The minimum Gasteiger partial charge on any atom is -0.494 e. The first-order chi connectivity index (χ1) is 13.9. The van der Waals surface area contributed by atoms with Gasteiger partial charge in [-0.15, -0.1) is 0 Å². The number of carbonyl (C=O) groups is 1. The normalized spacial score (nSPS) is 11.8. The van der Waals surface area contributed by atoms with E-state index in [1.165, 1.54) is 0 Å². The lowest BCUT2D eigenvalue weighted by Gasteiger charge is -2.22. The number of H-pyrrole nitrogens is 1. The number of rotatable bonds is 8. The third-order valence-corrected chi connectivity index (χ3v) is 4.99. The highest BCUT2D eigenvalue weighted by Crippen LogP contribution is 2.30. The molecule has 0 spiro atoms. The van der Waals surface area contributed by atoms with E-state index in [4.69, 9.17) is 9.47 Å². The molecule has 6 heteroatoms. The molecule has 0 saturated carbocycles.